The second kappa shape index (κ2) is 7.39. The van der Waals surface area contributed by atoms with Crippen molar-refractivity contribution < 1.29 is 22.4 Å². The molecule has 0 fully saturated rings. The number of carbonyl (C=O) groups excluding carboxylic acids is 1. The first kappa shape index (κ1) is 19.2. The molecule has 0 atom stereocenters. The summed E-state index contributed by atoms with van der Waals surface area (Å²) < 4.78 is 44.3. The molecule has 0 bridgehead atoms. The lowest BCUT2D eigenvalue weighted by molar-refractivity contribution is -0.141. The molecule has 30 heavy (non-hydrogen) atoms. The zero-order chi connectivity index (χ0) is 21.3. The number of furan rings is 1. The van der Waals surface area contributed by atoms with Gasteiger partial charge in [0, 0.05) is 11.6 Å². The molecule has 0 saturated heterocycles. The summed E-state index contributed by atoms with van der Waals surface area (Å²) in [5.41, 5.74) is 0.0555. The lowest BCUT2D eigenvalue weighted by atomic mass is 10.1. The number of hydrogen-bond acceptors (Lipinski definition) is 4. The third-order valence-corrected chi connectivity index (χ3v) is 4.19. The number of nitrogens with one attached hydrogen (secondary N) is 3. The van der Waals surface area contributed by atoms with E-state index in [-0.39, 0.29) is 17.0 Å². The summed E-state index contributed by atoms with van der Waals surface area (Å²) in [4.78, 5) is 32.6. The lowest BCUT2D eigenvalue weighted by Gasteiger charge is -2.09. The molecule has 3 aromatic heterocycles. The maximum atomic E-state index is 13.0. The molecule has 0 aliphatic carbocycles. The van der Waals surface area contributed by atoms with E-state index < -0.39 is 23.5 Å². The van der Waals surface area contributed by atoms with Crippen LogP contribution in [0, 0.1) is 0 Å². The van der Waals surface area contributed by atoms with Gasteiger partial charge in [0.1, 0.15) is 11.4 Å². The van der Waals surface area contributed by atoms with Gasteiger partial charge in [-0.15, -0.1) is 0 Å². The van der Waals surface area contributed by atoms with Gasteiger partial charge in [-0.2, -0.15) is 13.2 Å². The van der Waals surface area contributed by atoms with Crippen molar-refractivity contribution >= 4 is 28.7 Å². The molecule has 1 aromatic carbocycles. The number of nitrogens with zero attached hydrogens (tertiary/aromatic N) is 1. The highest BCUT2D eigenvalue weighted by molar-refractivity contribution is 6.06. The van der Waals surface area contributed by atoms with E-state index in [4.69, 9.17) is 4.42 Å². The predicted molar refractivity (Wildman–Crippen MR) is 104 cm³/mol. The number of pyridine rings is 1. The van der Waals surface area contributed by atoms with Gasteiger partial charge >= 0.3 is 11.9 Å². The zero-order valence-corrected chi connectivity index (χ0v) is 15.1. The van der Waals surface area contributed by atoms with E-state index in [9.17, 15) is 22.8 Å². The van der Waals surface area contributed by atoms with Crippen LogP contribution in [-0.4, -0.2) is 20.9 Å². The molecule has 4 aromatic rings. The van der Waals surface area contributed by atoms with Gasteiger partial charge in [-0.05, 0) is 36.4 Å². The average molecular weight is 414 g/mol. The van der Waals surface area contributed by atoms with Crippen LogP contribution in [0.5, 0.6) is 0 Å². The summed E-state index contributed by atoms with van der Waals surface area (Å²) in [5, 5.41) is 2.62. The van der Waals surface area contributed by atoms with Gasteiger partial charge in [0.2, 0.25) is 5.91 Å². The molecule has 0 spiro atoms. The van der Waals surface area contributed by atoms with E-state index in [0.717, 1.165) is 12.1 Å². The van der Waals surface area contributed by atoms with E-state index in [1.165, 1.54) is 30.5 Å². The van der Waals surface area contributed by atoms with Crippen molar-refractivity contribution in [3.05, 3.63) is 76.5 Å². The predicted octanol–water partition coefficient (Wildman–Crippen LogP) is 4.18. The van der Waals surface area contributed by atoms with Crippen LogP contribution in [0.25, 0.3) is 28.6 Å². The summed E-state index contributed by atoms with van der Waals surface area (Å²) in [6.07, 6.45) is -0.816. The first-order valence-electron chi connectivity index (χ1n) is 8.63. The van der Waals surface area contributed by atoms with Crippen molar-refractivity contribution in [1.82, 2.24) is 15.0 Å². The van der Waals surface area contributed by atoms with Crippen LogP contribution in [0.4, 0.5) is 18.9 Å². The molecule has 0 radical (unpaired) electrons. The first-order chi connectivity index (χ1) is 14.3. The number of hydrogen-bond donors (Lipinski definition) is 3. The van der Waals surface area contributed by atoms with Crippen LogP contribution in [0.15, 0.2) is 64.0 Å². The van der Waals surface area contributed by atoms with Crippen LogP contribution < -0.4 is 11.0 Å². The standard InChI is InChI=1S/C20H13F3N4O3/c21-20(22,23)15-8-6-11(17(26-15)14-5-2-10-30-14)7-9-16(28)24-12-3-1-4-13-18(12)27-19(29)25-13/h1-10H,(H,24,28)(H2,25,27,29)/b9-7+. The van der Waals surface area contributed by atoms with Gasteiger partial charge < -0.3 is 19.7 Å². The number of aromatic nitrogens is 3. The van der Waals surface area contributed by atoms with Gasteiger partial charge in [0.25, 0.3) is 0 Å². The third kappa shape index (κ3) is 3.88. The minimum atomic E-state index is -4.62. The molecule has 0 unspecified atom stereocenters. The fourth-order valence-corrected chi connectivity index (χ4v) is 2.88. The molecule has 3 N–H and O–H groups in total. The largest absolute Gasteiger partial charge is 0.463 e. The number of fused-ring (bicyclic) bond motifs is 1. The van der Waals surface area contributed by atoms with Gasteiger partial charge in [-0.25, -0.2) is 9.78 Å². The quantitative estimate of drug-likeness (QED) is 0.436. The molecule has 0 aliphatic rings. The molecule has 1 amide bonds. The first-order valence-corrected chi connectivity index (χ1v) is 8.63. The van der Waals surface area contributed by atoms with Gasteiger partial charge in [-0.3, -0.25) is 4.79 Å². The lowest BCUT2D eigenvalue weighted by Crippen LogP contribution is -2.10. The summed E-state index contributed by atoms with van der Waals surface area (Å²) in [5.74, 6) is -0.411. The van der Waals surface area contributed by atoms with Gasteiger partial charge in [-0.1, -0.05) is 12.1 Å². The number of carbonyl (C=O) groups is 1. The molecule has 0 aliphatic heterocycles. The topological polar surface area (TPSA) is 104 Å². The third-order valence-electron chi connectivity index (χ3n) is 4.19. The van der Waals surface area contributed by atoms with Crippen molar-refractivity contribution in [2.24, 2.45) is 0 Å². The number of H-pyrrole nitrogens is 2. The van der Waals surface area contributed by atoms with Crippen molar-refractivity contribution in [2.45, 2.75) is 6.18 Å². The highest BCUT2D eigenvalue weighted by atomic mass is 19.4. The Morgan fingerprint density at radius 1 is 1.10 bits per heavy atom. The maximum Gasteiger partial charge on any atom is 0.433 e. The van der Waals surface area contributed by atoms with E-state index in [2.05, 4.69) is 20.3 Å². The Morgan fingerprint density at radius 2 is 1.93 bits per heavy atom. The molecule has 0 saturated carbocycles. The van der Waals surface area contributed by atoms with Crippen LogP contribution in [0.2, 0.25) is 0 Å². The minimum absolute atomic E-state index is 0.0454. The zero-order valence-electron chi connectivity index (χ0n) is 15.1. The number of amides is 1. The Bertz CT molecular complexity index is 1300. The van der Waals surface area contributed by atoms with Crippen molar-refractivity contribution in [1.29, 1.82) is 0 Å². The molecule has 4 rings (SSSR count). The monoisotopic (exact) mass is 414 g/mol. The minimum Gasteiger partial charge on any atom is -0.463 e. The van der Waals surface area contributed by atoms with Crippen LogP contribution in [0.1, 0.15) is 11.3 Å². The van der Waals surface area contributed by atoms with E-state index in [1.54, 1.807) is 18.2 Å². The highest BCUT2D eigenvalue weighted by Crippen LogP contribution is 2.32. The smallest absolute Gasteiger partial charge is 0.433 e. The van der Waals surface area contributed by atoms with Gasteiger partial charge in [0.05, 0.1) is 23.0 Å². The van der Waals surface area contributed by atoms with E-state index in [1.807, 2.05) is 0 Å². The van der Waals surface area contributed by atoms with Crippen molar-refractivity contribution in [3.8, 4) is 11.5 Å². The molecule has 152 valence electrons. The van der Waals surface area contributed by atoms with Gasteiger partial charge in [0.15, 0.2) is 5.76 Å². The number of anilines is 1. The summed E-state index contributed by atoms with van der Waals surface area (Å²) >= 11 is 0. The molecule has 7 nitrogen and oxygen atoms in total. The number of benzene rings is 1. The Labute approximate surface area is 166 Å². The molecular formula is C20H13F3N4O3. The fraction of sp³-hybridized carbons (Fsp3) is 0.0500. The number of rotatable bonds is 4. The summed E-state index contributed by atoms with van der Waals surface area (Å²) in [7, 11) is 0. The average Bonchev–Trinajstić information content (AvgIpc) is 3.35. The van der Waals surface area contributed by atoms with Crippen LogP contribution >= 0.6 is 0 Å². The Balaban J connectivity index is 1.63. The maximum absolute atomic E-state index is 13.0. The number of alkyl halides is 3. The van der Waals surface area contributed by atoms with Crippen molar-refractivity contribution in [3.63, 3.8) is 0 Å². The molecule has 10 heteroatoms. The van der Waals surface area contributed by atoms with E-state index >= 15 is 0 Å². The number of para-hydroxylation sites is 1. The number of halogens is 3. The Hall–Kier alpha value is -4.08. The number of imidazole rings is 1. The summed E-state index contributed by atoms with van der Waals surface area (Å²) in [6, 6.07) is 9.96. The normalized spacial score (nSPS) is 12.0. The summed E-state index contributed by atoms with van der Waals surface area (Å²) in [6.45, 7) is 0. The molecular weight excluding hydrogens is 401 g/mol. The molecule has 3 heterocycles. The van der Waals surface area contributed by atoms with Crippen molar-refractivity contribution in [2.75, 3.05) is 5.32 Å². The second-order valence-electron chi connectivity index (χ2n) is 6.24. The SMILES string of the molecule is O=C(/C=C/c1ccc(C(F)(F)F)nc1-c1ccco1)Nc1cccc2[nH]c(=O)[nH]c12. The second-order valence-corrected chi connectivity index (χ2v) is 6.24. The number of aromatic amines is 2. The highest BCUT2D eigenvalue weighted by Gasteiger charge is 2.33. The fourth-order valence-electron chi connectivity index (χ4n) is 2.88. The Morgan fingerprint density at radius 3 is 2.67 bits per heavy atom. The Kier molecular flexibility index (Phi) is 4.74. The van der Waals surface area contributed by atoms with E-state index in [0.29, 0.717) is 16.7 Å². The van der Waals surface area contributed by atoms with Crippen LogP contribution in [0.3, 0.4) is 0 Å². The van der Waals surface area contributed by atoms with Crippen LogP contribution in [-0.2, 0) is 11.0 Å².